The molecule has 1 aromatic rings. The van der Waals surface area contributed by atoms with E-state index in [1.807, 2.05) is 0 Å². The molecule has 0 unspecified atom stereocenters. The molecule has 0 aliphatic heterocycles. The molecule has 18 heavy (non-hydrogen) atoms. The Morgan fingerprint density at radius 2 is 2.11 bits per heavy atom. The molecule has 0 radical (unpaired) electrons. The van der Waals surface area contributed by atoms with Crippen LogP contribution in [0.25, 0.3) is 0 Å². The Morgan fingerprint density at radius 1 is 1.44 bits per heavy atom. The Kier molecular flexibility index (Phi) is 4.94. The first-order chi connectivity index (χ1) is 8.36. The number of nitrogens with one attached hydrogen (secondary N) is 2. The Bertz CT molecular complexity index is 545. The number of halogens is 1. The lowest BCUT2D eigenvalue weighted by Crippen LogP contribution is -2.36. The van der Waals surface area contributed by atoms with Crippen LogP contribution in [0.5, 0.6) is 0 Å². The molecule has 0 heterocycles. The fourth-order valence-electron chi connectivity index (χ4n) is 1.26. The van der Waals surface area contributed by atoms with E-state index in [1.165, 1.54) is 18.2 Å². The summed E-state index contributed by atoms with van der Waals surface area (Å²) in [6.07, 6.45) is 0. The maximum Gasteiger partial charge on any atom is 0.243 e. The van der Waals surface area contributed by atoms with Gasteiger partial charge in [-0.25, -0.2) is 13.1 Å². The van der Waals surface area contributed by atoms with Gasteiger partial charge < -0.3 is 11.1 Å². The lowest BCUT2D eigenvalue weighted by atomic mass is 10.3. The third kappa shape index (κ3) is 3.86. The number of carbonyl (C=O) groups excluding carboxylic acids is 1. The number of carbonyl (C=O) groups is 1. The van der Waals surface area contributed by atoms with E-state index < -0.39 is 15.9 Å². The predicted molar refractivity (Wildman–Crippen MR) is 69.7 cm³/mol. The number of benzene rings is 1. The maximum atomic E-state index is 11.9. The largest absolute Gasteiger partial charge is 0.398 e. The van der Waals surface area contributed by atoms with Crippen LogP contribution in [0.2, 0.25) is 5.02 Å². The quantitative estimate of drug-likeness (QED) is 0.681. The van der Waals surface area contributed by atoms with Gasteiger partial charge in [0.25, 0.3) is 0 Å². The molecule has 1 rings (SSSR count). The molecule has 0 aromatic heterocycles. The number of anilines is 1. The molecule has 0 saturated carbocycles. The molecule has 1 aromatic carbocycles. The molecule has 0 aliphatic carbocycles. The number of rotatable bonds is 5. The van der Waals surface area contributed by atoms with Crippen molar-refractivity contribution in [1.29, 1.82) is 0 Å². The summed E-state index contributed by atoms with van der Waals surface area (Å²) in [6, 6.07) is 4.04. The topological polar surface area (TPSA) is 101 Å². The molecule has 0 fully saturated rings. The average Bonchev–Trinajstić information content (AvgIpc) is 2.26. The highest BCUT2D eigenvalue weighted by Gasteiger charge is 2.18. The van der Waals surface area contributed by atoms with Crippen molar-refractivity contribution in [1.82, 2.24) is 10.0 Å². The van der Waals surface area contributed by atoms with E-state index in [-0.39, 0.29) is 17.1 Å². The van der Waals surface area contributed by atoms with Crippen molar-refractivity contribution < 1.29 is 13.2 Å². The molecule has 6 nitrogen and oxygen atoms in total. The number of hydrogen-bond acceptors (Lipinski definition) is 4. The molecule has 4 N–H and O–H groups in total. The first-order valence-electron chi connectivity index (χ1n) is 5.18. The summed E-state index contributed by atoms with van der Waals surface area (Å²) in [6.45, 7) is 1.84. The SMILES string of the molecule is CCNC(=O)CNS(=O)(=O)c1ccc(Cl)cc1N. The molecule has 0 spiro atoms. The van der Waals surface area contributed by atoms with Crippen molar-refractivity contribution in [3.8, 4) is 0 Å². The minimum atomic E-state index is -3.82. The van der Waals surface area contributed by atoms with Gasteiger partial charge in [0, 0.05) is 11.6 Å². The summed E-state index contributed by atoms with van der Waals surface area (Å²) >= 11 is 5.68. The first-order valence-corrected chi connectivity index (χ1v) is 7.04. The van der Waals surface area contributed by atoms with Gasteiger partial charge in [-0.3, -0.25) is 4.79 Å². The second-order valence-corrected chi connectivity index (χ2v) is 5.63. The highest BCUT2D eigenvalue weighted by molar-refractivity contribution is 7.89. The van der Waals surface area contributed by atoms with Crippen LogP contribution in [0.1, 0.15) is 6.92 Å². The minimum absolute atomic E-state index is 0.0332. The van der Waals surface area contributed by atoms with E-state index >= 15 is 0 Å². The smallest absolute Gasteiger partial charge is 0.243 e. The molecule has 0 atom stereocenters. The fourth-order valence-corrected chi connectivity index (χ4v) is 2.54. The van der Waals surface area contributed by atoms with Crippen LogP contribution in [0, 0.1) is 0 Å². The van der Waals surface area contributed by atoms with E-state index in [1.54, 1.807) is 6.92 Å². The zero-order valence-electron chi connectivity index (χ0n) is 9.73. The summed E-state index contributed by atoms with van der Waals surface area (Å²) < 4.78 is 25.9. The van der Waals surface area contributed by atoms with Gasteiger partial charge in [0.2, 0.25) is 15.9 Å². The Hall–Kier alpha value is -1.31. The van der Waals surface area contributed by atoms with Crippen LogP contribution in [0.3, 0.4) is 0 Å². The third-order valence-corrected chi connectivity index (χ3v) is 3.77. The molecule has 8 heteroatoms. The summed E-state index contributed by atoms with van der Waals surface area (Å²) in [5, 5.41) is 2.82. The fraction of sp³-hybridized carbons (Fsp3) is 0.300. The van der Waals surface area contributed by atoms with Crippen LogP contribution < -0.4 is 15.8 Å². The Balaban J connectivity index is 2.83. The molecule has 1 amide bonds. The van der Waals surface area contributed by atoms with Crippen molar-refractivity contribution in [2.24, 2.45) is 0 Å². The summed E-state index contributed by atoms with van der Waals surface area (Å²) in [5.41, 5.74) is 5.60. The Morgan fingerprint density at radius 3 is 2.67 bits per heavy atom. The van der Waals surface area contributed by atoms with Crippen LogP contribution in [-0.4, -0.2) is 27.4 Å². The number of amides is 1. The number of hydrogen-bond donors (Lipinski definition) is 3. The van der Waals surface area contributed by atoms with Gasteiger partial charge in [-0.15, -0.1) is 0 Å². The van der Waals surface area contributed by atoms with Crippen molar-refractivity contribution in [2.45, 2.75) is 11.8 Å². The van der Waals surface area contributed by atoms with Crippen LogP contribution in [-0.2, 0) is 14.8 Å². The van der Waals surface area contributed by atoms with Gasteiger partial charge in [0.15, 0.2) is 0 Å². The molecule has 0 bridgehead atoms. The zero-order valence-corrected chi connectivity index (χ0v) is 11.3. The molecule has 100 valence electrons. The van der Waals surface area contributed by atoms with Crippen molar-refractivity contribution in [3.05, 3.63) is 23.2 Å². The normalized spacial score (nSPS) is 11.2. The van der Waals surface area contributed by atoms with E-state index in [0.717, 1.165) is 0 Å². The van der Waals surface area contributed by atoms with Gasteiger partial charge in [0.05, 0.1) is 12.2 Å². The second-order valence-electron chi connectivity index (χ2n) is 3.46. The van der Waals surface area contributed by atoms with Gasteiger partial charge >= 0.3 is 0 Å². The highest BCUT2D eigenvalue weighted by atomic mass is 35.5. The number of nitrogens with two attached hydrogens (primary N) is 1. The van der Waals surface area contributed by atoms with Gasteiger partial charge in [-0.2, -0.15) is 0 Å². The lowest BCUT2D eigenvalue weighted by Gasteiger charge is -2.09. The monoisotopic (exact) mass is 291 g/mol. The van der Waals surface area contributed by atoms with Crippen molar-refractivity contribution in [3.63, 3.8) is 0 Å². The van der Waals surface area contributed by atoms with E-state index in [4.69, 9.17) is 17.3 Å². The van der Waals surface area contributed by atoms with E-state index in [0.29, 0.717) is 11.6 Å². The van der Waals surface area contributed by atoms with Crippen LogP contribution in [0.4, 0.5) is 5.69 Å². The predicted octanol–water partition coefficient (Wildman–Crippen LogP) is 0.337. The molecular formula is C10H14ClN3O3S. The molecule has 0 saturated heterocycles. The maximum absolute atomic E-state index is 11.9. The van der Waals surface area contributed by atoms with Gasteiger partial charge in [-0.05, 0) is 25.1 Å². The zero-order chi connectivity index (χ0) is 13.8. The van der Waals surface area contributed by atoms with Gasteiger partial charge in [0.1, 0.15) is 4.90 Å². The third-order valence-electron chi connectivity index (χ3n) is 2.06. The lowest BCUT2D eigenvalue weighted by molar-refractivity contribution is -0.119. The second kappa shape index (κ2) is 6.03. The summed E-state index contributed by atoms with van der Waals surface area (Å²) in [5.74, 6) is -0.409. The molecular weight excluding hydrogens is 278 g/mol. The Labute approximate surface area is 111 Å². The summed E-state index contributed by atoms with van der Waals surface area (Å²) in [7, 11) is -3.82. The van der Waals surface area contributed by atoms with Gasteiger partial charge in [-0.1, -0.05) is 11.6 Å². The van der Waals surface area contributed by atoms with Crippen molar-refractivity contribution in [2.75, 3.05) is 18.8 Å². The van der Waals surface area contributed by atoms with Crippen LogP contribution in [0.15, 0.2) is 23.1 Å². The van der Waals surface area contributed by atoms with Crippen LogP contribution >= 0.6 is 11.6 Å². The number of likely N-dealkylation sites (N-methyl/N-ethyl adjacent to an activating group) is 1. The van der Waals surface area contributed by atoms with Crippen molar-refractivity contribution >= 4 is 33.2 Å². The minimum Gasteiger partial charge on any atom is -0.398 e. The number of nitrogen functional groups attached to an aromatic ring is 1. The van der Waals surface area contributed by atoms with E-state index in [2.05, 4.69) is 10.0 Å². The van der Waals surface area contributed by atoms with E-state index in [9.17, 15) is 13.2 Å². The highest BCUT2D eigenvalue weighted by Crippen LogP contribution is 2.21. The number of sulfonamides is 1. The molecule has 0 aliphatic rings. The first kappa shape index (κ1) is 14.7. The standard InChI is InChI=1S/C10H14ClN3O3S/c1-2-13-10(15)6-14-18(16,17)9-4-3-7(11)5-8(9)12/h3-5,14H,2,6,12H2,1H3,(H,13,15). The summed E-state index contributed by atoms with van der Waals surface area (Å²) in [4.78, 5) is 11.1. The average molecular weight is 292 g/mol.